The van der Waals surface area contributed by atoms with E-state index in [1.165, 1.54) is 0 Å². The molecule has 2 heteroatoms. The predicted molar refractivity (Wildman–Crippen MR) is 43.6 cm³/mol. The highest BCUT2D eigenvalue weighted by molar-refractivity contribution is 5.68. The van der Waals surface area contributed by atoms with Crippen molar-refractivity contribution in [1.82, 2.24) is 0 Å². The molecular weight excluding hydrogens is 155 g/mol. The second-order valence-corrected chi connectivity index (χ2v) is 3.14. The number of alkyl halides is 1. The van der Waals surface area contributed by atoms with E-state index in [-0.39, 0.29) is 0 Å². The van der Waals surface area contributed by atoms with Crippen molar-refractivity contribution in [3.63, 3.8) is 0 Å². The maximum atomic E-state index is 13.7. The number of carbonyl (C=O) groups is 1. The largest absolute Gasteiger partial charge is 0.299 e. The third-order valence-corrected chi connectivity index (χ3v) is 2.41. The van der Waals surface area contributed by atoms with E-state index < -0.39 is 5.67 Å². The predicted octanol–water partition coefficient (Wildman–Crippen LogP) is 2.00. The summed E-state index contributed by atoms with van der Waals surface area (Å²) in [5, 5.41) is 0. The first-order valence-corrected chi connectivity index (χ1v) is 4.00. The lowest BCUT2D eigenvalue weighted by Crippen LogP contribution is -2.17. The van der Waals surface area contributed by atoms with Gasteiger partial charge in [-0.25, -0.2) is 4.39 Å². The van der Waals surface area contributed by atoms with E-state index in [4.69, 9.17) is 0 Å². The summed E-state index contributed by atoms with van der Waals surface area (Å²) in [6.45, 7) is 0. The van der Waals surface area contributed by atoms with Crippen LogP contribution in [0.2, 0.25) is 0 Å². The van der Waals surface area contributed by atoms with Gasteiger partial charge >= 0.3 is 0 Å². The van der Waals surface area contributed by atoms with Gasteiger partial charge in [-0.1, -0.05) is 24.3 Å². The lowest BCUT2D eigenvalue weighted by Gasteiger charge is -2.11. The molecule has 1 aliphatic carbocycles. The quantitative estimate of drug-likeness (QED) is 0.580. The molecule has 1 nitrogen and oxygen atoms in total. The number of aldehydes is 1. The molecule has 1 unspecified atom stereocenters. The van der Waals surface area contributed by atoms with Crippen LogP contribution in [0.25, 0.3) is 0 Å². The third kappa shape index (κ3) is 0.876. The average Bonchev–Trinajstić information content (AvgIpc) is 2.46. The van der Waals surface area contributed by atoms with Crippen LogP contribution < -0.4 is 0 Å². The number of rotatable bonds is 1. The smallest absolute Gasteiger partial charge is 0.191 e. The molecule has 0 heterocycles. The Morgan fingerprint density at radius 2 is 2.17 bits per heavy atom. The zero-order chi connectivity index (χ0) is 8.60. The molecule has 1 aromatic carbocycles. The summed E-state index contributed by atoms with van der Waals surface area (Å²) in [5.74, 6) is 0. The van der Waals surface area contributed by atoms with E-state index in [2.05, 4.69) is 0 Å². The van der Waals surface area contributed by atoms with Gasteiger partial charge in [-0.15, -0.1) is 0 Å². The maximum absolute atomic E-state index is 13.7. The number of hydrogen-bond donors (Lipinski definition) is 0. The summed E-state index contributed by atoms with van der Waals surface area (Å²) < 4.78 is 13.7. The minimum Gasteiger partial charge on any atom is -0.299 e. The molecule has 0 saturated carbocycles. The Hall–Kier alpha value is -1.18. The molecule has 0 bridgehead atoms. The summed E-state index contributed by atoms with van der Waals surface area (Å²) >= 11 is 0. The summed E-state index contributed by atoms with van der Waals surface area (Å²) in [4.78, 5) is 10.5. The van der Waals surface area contributed by atoms with E-state index in [9.17, 15) is 9.18 Å². The molecule has 0 saturated heterocycles. The van der Waals surface area contributed by atoms with Crippen molar-refractivity contribution in [3.8, 4) is 0 Å². The Bertz CT molecular complexity index is 321. The number of fused-ring (bicyclic) bond motifs is 1. The summed E-state index contributed by atoms with van der Waals surface area (Å²) in [6.07, 6.45) is 1.39. The van der Waals surface area contributed by atoms with Gasteiger partial charge in [-0.2, -0.15) is 0 Å². The second kappa shape index (κ2) is 2.41. The molecule has 2 rings (SSSR count). The molecule has 0 aromatic heterocycles. The maximum Gasteiger partial charge on any atom is 0.191 e. The molecule has 0 amide bonds. The number of benzene rings is 1. The fourth-order valence-electron chi connectivity index (χ4n) is 1.72. The average molecular weight is 164 g/mol. The van der Waals surface area contributed by atoms with Crippen molar-refractivity contribution < 1.29 is 9.18 Å². The fourth-order valence-corrected chi connectivity index (χ4v) is 1.72. The van der Waals surface area contributed by atoms with Crippen molar-refractivity contribution >= 4 is 6.29 Å². The number of hydrogen-bond acceptors (Lipinski definition) is 1. The SMILES string of the molecule is O=CC1(F)CCc2ccccc21. The standard InChI is InChI=1S/C10H9FO/c11-10(7-12)6-5-8-3-1-2-4-9(8)10/h1-4,7H,5-6H2. The van der Waals surface area contributed by atoms with E-state index in [0.29, 0.717) is 24.7 Å². The van der Waals surface area contributed by atoms with Crippen molar-refractivity contribution in [2.75, 3.05) is 0 Å². The monoisotopic (exact) mass is 164 g/mol. The van der Waals surface area contributed by atoms with Gasteiger partial charge < -0.3 is 0 Å². The molecule has 1 aromatic rings. The molecular formula is C10H9FO. The molecule has 0 spiro atoms. The highest BCUT2D eigenvalue weighted by atomic mass is 19.1. The van der Waals surface area contributed by atoms with Crippen LogP contribution in [0.4, 0.5) is 4.39 Å². The van der Waals surface area contributed by atoms with Gasteiger partial charge in [0.2, 0.25) is 0 Å². The molecule has 1 atom stereocenters. The normalized spacial score (nSPS) is 26.8. The van der Waals surface area contributed by atoms with Gasteiger partial charge in [0.25, 0.3) is 0 Å². The number of halogens is 1. The van der Waals surface area contributed by atoms with Crippen LogP contribution in [0.15, 0.2) is 24.3 Å². The summed E-state index contributed by atoms with van der Waals surface area (Å²) in [7, 11) is 0. The third-order valence-electron chi connectivity index (χ3n) is 2.41. The van der Waals surface area contributed by atoms with Crippen molar-refractivity contribution in [1.29, 1.82) is 0 Å². The van der Waals surface area contributed by atoms with Gasteiger partial charge in [-0.3, -0.25) is 4.79 Å². The van der Waals surface area contributed by atoms with E-state index in [0.717, 1.165) is 5.56 Å². The first-order chi connectivity index (χ1) is 5.76. The first kappa shape index (κ1) is 7.47. The fraction of sp³-hybridized carbons (Fsp3) is 0.300. The molecule has 12 heavy (non-hydrogen) atoms. The molecule has 1 aliphatic rings. The molecule has 0 fully saturated rings. The molecule has 0 N–H and O–H groups in total. The van der Waals surface area contributed by atoms with Crippen LogP contribution in [-0.2, 0) is 16.9 Å². The summed E-state index contributed by atoms with van der Waals surface area (Å²) in [6, 6.07) is 7.20. The van der Waals surface area contributed by atoms with Gasteiger partial charge in [0, 0.05) is 0 Å². The van der Waals surface area contributed by atoms with Crippen molar-refractivity contribution in [2.45, 2.75) is 18.5 Å². The van der Waals surface area contributed by atoms with Crippen LogP contribution in [0, 0.1) is 0 Å². The molecule has 0 aliphatic heterocycles. The minimum atomic E-state index is -1.71. The van der Waals surface area contributed by atoms with Crippen molar-refractivity contribution in [2.24, 2.45) is 0 Å². The van der Waals surface area contributed by atoms with Gasteiger partial charge in [0.1, 0.15) is 0 Å². The zero-order valence-corrected chi connectivity index (χ0v) is 6.59. The zero-order valence-electron chi connectivity index (χ0n) is 6.59. The Morgan fingerprint density at radius 3 is 2.92 bits per heavy atom. The Labute approximate surface area is 70.2 Å². The second-order valence-electron chi connectivity index (χ2n) is 3.14. The van der Waals surface area contributed by atoms with Gasteiger partial charge in [0.05, 0.1) is 0 Å². The van der Waals surface area contributed by atoms with E-state index in [1.807, 2.05) is 12.1 Å². The molecule has 0 radical (unpaired) electrons. The van der Waals surface area contributed by atoms with Crippen LogP contribution in [0.1, 0.15) is 17.5 Å². The van der Waals surface area contributed by atoms with Gasteiger partial charge in [-0.05, 0) is 24.0 Å². The highest BCUT2D eigenvalue weighted by Gasteiger charge is 2.38. The summed E-state index contributed by atoms with van der Waals surface area (Å²) in [5.41, 5.74) is -0.191. The first-order valence-electron chi connectivity index (χ1n) is 4.00. The van der Waals surface area contributed by atoms with E-state index >= 15 is 0 Å². The van der Waals surface area contributed by atoms with E-state index in [1.54, 1.807) is 12.1 Å². The van der Waals surface area contributed by atoms with Crippen LogP contribution in [0.3, 0.4) is 0 Å². The van der Waals surface area contributed by atoms with Crippen molar-refractivity contribution in [3.05, 3.63) is 35.4 Å². The van der Waals surface area contributed by atoms with Gasteiger partial charge in [0.15, 0.2) is 12.0 Å². The Kier molecular flexibility index (Phi) is 1.50. The lowest BCUT2D eigenvalue weighted by atomic mass is 10.0. The number of carbonyl (C=O) groups excluding carboxylic acids is 1. The Balaban J connectivity index is 2.56. The Morgan fingerprint density at radius 1 is 1.42 bits per heavy atom. The van der Waals surface area contributed by atoms with Crippen LogP contribution in [0.5, 0.6) is 0 Å². The number of aryl methyl sites for hydroxylation is 1. The topological polar surface area (TPSA) is 17.1 Å². The lowest BCUT2D eigenvalue weighted by molar-refractivity contribution is -0.118. The van der Waals surface area contributed by atoms with Crippen LogP contribution in [-0.4, -0.2) is 6.29 Å². The minimum absolute atomic E-state index is 0.301. The highest BCUT2D eigenvalue weighted by Crippen LogP contribution is 2.38. The van der Waals surface area contributed by atoms with Crippen LogP contribution >= 0.6 is 0 Å². The molecule has 62 valence electrons.